The van der Waals surface area contributed by atoms with Crippen LogP contribution >= 0.6 is 0 Å². The van der Waals surface area contributed by atoms with Crippen molar-refractivity contribution in [2.45, 2.75) is 31.5 Å². The van der Waals surface area contributed by atoms with Crippen molar-refractivity contribution in [3.8, 4) is 0 Å². The Balaban J connectivity index is 1.63. The molecule has 2 heterocycles. The van der Waals surface area contributed by atoms with Gasteiger partial charge in [-0.2, -0.15) is 0 Å². The lowest BCUT2D eigenvalue weighted by Crippen LogP contribution is -2.30. The van der Waals surface area contributed by atoms with E-state index in [2.05, 4.69) is 10.2 Å². The van der Waals surface area contributed by atoms with E-state index in [0.717, 1.165) is 18.9 Å². The highest BCUT2D eigenvalue weighted by molar-refractivity contribution is 5.00. The number of hydrogen-bond acceptors (Lipinski definition) is 3. The van der Waals surface area contributed by atoms with Crippen molar-refractivity contribution in [3.63, 3.8) is 0 Å². The standard InChI is InChI=1S/C8H16N2O/c11-4-2-1-3-8-9-5-7-6-10(7)8/h7-9,11H,1-6H2/t7-,8+,10?/m1/s1. The van der Waals surface area contributed by atoms with Gasteiger partial charge >= 0.3 is 0 Å². The molecular weight excluding hydrogens is 140 g/mol. The van der Waals surface area contributed by atoms with Crippen LogP contribution < -0.4 is 5.32 Å². The second kappa shape index (κ2) is 3.09. The van der Waals surface area contributed by atoms with Gasteiger partial charge in [-0.25, -0.2) is 0 Å². The second-order valence-electron chi connectivity index (χ2n) is 3.49. The fourth-order valence-electron chi connectivity index (χ4n) is 1.87. The Bertz CT molecular complexity index is 140. The van der Waals surface area contributed by atoms with Crippen molar-refractivity contribution < 1.29 is 5.11 Å². The first kappa shape index (κ1) is 7.53. The molecule has 0 radical (unpaired) electrons. The molecular formula is C8H16N2O. The molecule has 1 unspecified atom stereocenters. The summed E-state index contributed by atoms with van der Waals surface area (Å²) in [5.74, 6) is 0. The van der Waals surface area contributed by atoms with Gasteiger partial charge in [-0.1, -0.05) is 0 Å². The van der Waals surface area contributed by atoms with Crippen LogP contribution in [-0.4, -0.2) is 41.9 Å². The quantitative estimate of drug-likeness (QED) is 0.435. The highest BCUT2D eigenvalue weighted by atomic mass is 16.2. The molecule has 3 heteroatoms. The van der Waals surface area contributed by atoms with Crippen LogP contribution in [-0.2, 0) is 0 Å². The Morgan fingerprint density at radius 2 is 2.36 bits per heavy atom. The van der Waals surface area contributed by atoms with Crippen molar-refractivity contribution in [1.82, 2.24) is 10.2 Å². The first-order valence-corrected chi connectivity index (χ1v) is 4.52. The van der Waals surface area contributed by atoms with E-state index in [9.17, 15) is 0 Å². The summed E-state index contributed by atoms with van der Waals surface area (Å²) in [7, 11) is 0. The molecule has 2 rings (SSSR count). The van der Waals surface area contributed by atoms with E-state index < -0.39 is 0 Å². The maximum atomic E-state index is 8.58. The highest BCUT2D eigenvalue weighted by Crippen LogP contribution is 2.27. The summed E-state index contributed by atoms with van der Waals surface area (Å²) in [6, 6.07) is 0.856. The monoisotopic (exact) mass is 156 g/mol. The smallest absolute Gasteiger partial charge is 0.0601 e. The number of nitrogens with one attached hydrogen (secondary N) is 1. The van der Waals surface area contributed by atoms with Crippen LogP contribution in [0.5, 0.6) is 0 Å². The van der Waals surface area contributed by atoms with Gasteiger partial charge in [0.15, 0.2) is 0 Å². The molecule has 0 aromatic heterocycles. The molecule has 2 fully saturated rings. The lowest BCUT2D eigenvalue weighted by Gasteiger charge is -2.12. The third kappa shape index (κ3) is 1.55. The number of hydrogen-bond donors (Lipinski definition) is 2. The molecule has 64 valence electrons. The minimum absolute atomic E-state index is 0.343. The molecule has 0 spiro atoms. The van der Waals surface area contributed by atoms with E-state index in [1.165, 1.54) is 19.5 Å². The number of nitrogens with zero attached hydrogens (tertiary/aromatic N) is 1. The van der Waals surface area contributed by atoms with E-state index >= 15 is 0 Å². The van der Waals surface area contributed by atoms with Crippen LogP contribution in [0.15, 0.2) is 0 Å². The molecule has 2 N–H and O–H groups in total. The van der Waals surface area contributed by atoms with Crippen LogP contribution in [0, 0.1) is 0 Å². The molecule has 11 heavy (non-hydrogen) atoms. The fourth-order valence-corrected chi connectivity index (χ4v) is 1.87. The number of aliphatic hydroxyl groups is 1. The van der Waals surface area contributed by atoms with Crippen molar-refractivity contribution in [2.75, 3.05) is 19.7 Å². The van der Waals surface area contributed by atoms with Crippen molar-refractivity contribution in [1.29, 1.82) is 0 Å². The fraction of sp³-hybridized carbons (Fsp3) is 1.00. The SMILES string of the molecule is OCCCC[C@H]1NC[C@@H]2CN21. The maximum Gasteiger partial charge on any atom is 0.0601 e. The summed E-state index contributed by atoms with van der Waals surface area (Å²) >= 11 is 0. The van der Waals surface area contributed by atoms with Crippen LogP contribution in [0.25, 0.3) is 0 Å². The zero-order valence-corrected chi connectivity index (χ0v) is 6.79. The Kier molecular flexibility index (Phi) is 2.11. The van der Waals surface area contributed by atoms with Gasteiger partial charge in [0, 0.05) is 25.7 Å². The maximum absolute atomic E-state index is 8.58. The zero-order chi connectivity index (χ0) is 7.68. The Labute approximate surface area is 67.4 Å². The van der Waals surface area contributed by atoms with E-state index in [0.29, 0.717) is 12.8 Å². The Morgan fingerprint density at radius 3 is 2.91 bits per heavy atom. The summed E-state index contributed by atoms with van der Waals surface area (Å²) in [6.45, 7) is 2.83. The van der Waals surface area contributed by atoms with Gasteiger partial charge in [-0.15, -0.1) is 0 Å². The van der Waals surface area contributed by atoms with Crippen molar-refractivity contribution in [3.05, 3.63) is 0 Å². The van der Waals surface area contributed by atoms with Crippen molar-refractivity contribution >= 4 is 0 Å². The van der Waals surface area contributed by atoms with Crippen LogP contribution in [0.3, 0.4) is 0 Å². The molecule has 0 aromatic rings. The Hall–Kier alpha value is -0.120. The van der Waals surface area contributed by atoms with E-state index in [1.807, 2.05) is 0 Å². The van der Waals surface area contributed by atoms with Gasteiger partial charge in [0.1, 0.15) is 0 Å². The van der Waals surface area contributed by atoms with Gasteiger partial charge in [-0.05, 0) is 19.3 Å². The molecule has 2 aliphatic rings. The largest absolute Gasteiger partial charge is 0.396 e. The van der Waals surface area contributed by atoms with Crippen molar-refractivity contribution in [2.24, 2.45) is 0 Å². The molecule has 0 aliphatic carbocycles. The summed E-state index contributed by atoms with van der Waals surface area (Å²) in [5.41, 5.74) is 0. The van der Waals surface area contributed by atoms with Gasteiger partial charge < -0.3 is 10.4 Å². The lowest BCUT2D eigenvalue weighted by molar-refractivity contribution is 0.271. The number of unbranched alkanes of at least 4 members (excludes halogenated alkanes) is 1. The van der Waals surface area contributed by atoms with Gasteiger partial charge in [0.25, 0.3) is 0 Å². The number of rotatable bonds is 4. The third-order valence-electron chi connectivity index (χ3n) is 2.63. The highest BCUT2D eigenvalue weighted by Gasteiger charge is 2.44. The summed E-state index contributed by atoms with van der Waals surface area (Å²) < 4.78 is 0. The van der Waals surface area contributed by atoms with E-state index in [4.69, 9.17) is 5.11 Å². The molecule has 2 aliphatic heterocycles. The third-order valence-corrected chi connectivity index (χ3v) is 2.63. The summed E-state index contributed by atoms with van der Waals surface area (Å²) in [4.78, 5) is 2.50. The van der Waals surface area contributed by atoms with Gasteiger partial charge in [0.05, 0.1) is 6.17 Å². The minimum Gasteiger partial charge on any atom is -0.396 e. The first-order chi connectivity index (χ1) is 5.42. The number of fused-ring (bicyclic) bond motifs is 1. The first-order valence-electron chi connectivity index (χ1n) is 4.52. The number of aliphatic hydroxyl groups excluding tert-OH is 1. The second-order valence-corrected chi connectivity index (χ2v) is 3.49. The Morgan fingerprint density at radius 1 is 1.45 bits per heavy atom. The van der Waals surface area contributed by atoms with Crippen LogP contribution in [0.2, 0.25) is 0 Å². The average molecular weight is 156 g/mol. The summed E-state index contributed by atoms with van der Waals surface area (Å²) in [5, 5.41) is 12.0. The average Bonchev–Trinajstić information content (AvgIpc) is 2.70. The predicted molar refractivity (Wildman–Crippen MR) is 43.2 cm³/mol. The molecule has 0 amide bonds. The lowest BCUT2D eigenvalue weighted by atomic mass is 10.2. The molecule has 2 saturated heterocycles. The minimum atomic E-state index is 0.343. The molecule has 0 bridgehead atoms. The predicted octanol–water partition coefficient (Wildman–Crippen LogP) is -0.238. The molecule has 0 saturated carbocycles. The zero-order valence-electron chi connectivity index (χ0n) is 6.79. The molecule has 3 atom stereocenters. The normalized spacial score (nSPS) is 40.6. The van der Waals surface area contributed by atoms with Crippen LogP contribution in [0.4, 0.5) is 0 Å². The van der Waals surface area contributed by atoms with Gasteiger partial charge in [0.2, 0.25) is 0 Å². The van der Waals surface area contributed by atoms with E-state index in [1.54, 1.807) is 0 Å². The topological polar surface area (TPSA) is 35.3 Å². The van der Waals surface area contributed by atoms with Gasteiger partial charge in [-0.3, -0.25) is 4.90 Å². The van der Waals surface area contributed by atoms with E-state index in [-0.39, 0.29) is 0 Å². The molecule has 0 aromatic carbocycles. The molecule has 3 nitrogen and oxygen atoms in total. The van der Waals surface area contributed by atoms with Crippen LogP contribution in [0.1, 0.15) is 19.3 Å². The summed E-state index contributed by atoms with van der Waals surface area (Å²) in [6.07, 6.45) is 3.94.